The molecule has 4 rings (SSSR count). The molecule has 3 aromatic carbocycles. The highest BCUT2D eigenvalue weighted by Crippen LogP contribution is 2.37. The number of halogens is 3. The van der Waals surface area contributed by atoms with Crippen LogP contribution >= 0.6 is 34.8 Å². The monoisotopic (exact) mass is 557 g/mol. The first-order valence-corrected chi connectivity index (χ1v) is 12.0. The van der Waals surface area contributed by atoms with Gasteiger partial charge < -0.3 is 15.4 Å². The van der Waals surface area contributed by atoms with Crippen molar-refractivity contribution in [1.29, 1.82) is 0 Å². The number of imide groups is 1. The highest BCUT2D eigenvalue weighted by molar-refractivity contribution is 6.54. The molecule has 11 heteroatoms. The minimum atomic E-state index is -0.751. The summed E-state index contributed by atoms with van der Waals surface area (Å²) in [5, 5.41) is 5.45. The van der Waals surface area contributed by atoms with Crippen LogP contribution in [-0.4, -0.2) is 30.3 Å². The summed E-state index contributed by atoms with van der Waals surface area (Å²) < 4.78 is 4.97. The van der Waals surface area contributed by atoms with E-state index < -0.39 is 23.7 Å². The van der Waals surface area contributed by atoms with E-state index in [1.807, 2.05) is 0 Å². The van der Waals surface area contributed by atoms with Gasteiger partial charge in [0.05, 0.1) is 27.9 Å². The van der Waals surface area contributed by atoms with Crippen molar-refractivity contribution in [2.24, 2.45) is 0 Å². The van der Waals surface area contributed by atoms with Gasteiger partial charge in [-0.1, -0.05) is 46.9 Å². The lowest BCUT2D eigenvalue weighted by Crippen LogP contribution is -2.32. The first-order chi connectivity index (χ1) is 17.7. The van der Waals surface area contributed by atoms with Gasteiger partial charge in [0.25, 0.3) is 17.7 Å². The molecule has 0 radical (unpaired) electrons. The Bertz CT molecular complexity index is 1450. The summed E-state index contributed by atoms with van der Waals surface area (Å²) in [5.74, 6) is -2.36. The van der Waals surface area contributed by atoms with E-state index in [0.29, 0.717) is 22.5 Å². The lowest BCUT2D eigenvalue weighted by molar-refractivity contribution is -0.120. The van der Waals surface area contributed by atoms with E-state index >= 15 is 0 Å². The summed E-state index contributed by atoms with van der Waals surface area (Å²) in [4.78, 5) is 51.1. The maximum atomic E-state index is 13.0. The zero-order valence-corrected chi connectivity index (χ0v) is 21.4. The highest BCUT2D eigenvalue weighted by atomic mass is 35.5. The topological polar surface area (TPSA) is 105 Å². The van der Waals surface area contributed by atoms with Crippen LogP contribution in [0.4, 0.5) is 17.1 Å². The number of hydrogen-bond donors (Lipinski definition) is 2. The number of hydrogen-bond acceptors (Lipinski definition) is 6. The van der Waals surface area contributed by atoms with E-state index in [1.165, 1.54) is 30.3 Å². The second-order valence-electron chi connectivity index (χ2n) is 7.67. The third-order valence-electron chi connectivity index (χ3n) is 5.25. The van der Waals surface area contributed by atoms with Crippen LogP contribution in [0.1, 0.15) is 27.6 Å². The number of carbonyl (C=O) groups is 4. The Labute approximate surface area is 226 Å². The third-order valence-corrected chi connectivity index (χ3v) is 6.41. The molecule has 37 heavy (non-hydrogen) atoms. The maximum Gasteiger partial charge on any atom is 0.338 e. The average molecular weight is 559 g/mol. The molecule has 3 aromatic rings. The molecular formula is C26H18Cl3N3O5. The molecule has 188 valence electrons. The first kappa shape index (κ1) is 26.2. The van der Waals surface area contributed by atoms with Crippen LogP contribution in [0.15, 0.2) is 77.5 Å². The van der Waals surface area contributed by atoms with Crippen molar-refractivity contribution in [3.63, 3.8) is 0 Å². The Morgan fingerprint density at radius 3 is 2.27 bits per heavy atom. The van der Waals surface area contributed by atoms with Crippen LogP contribution in [0.5, 0.6) is 0 Å². The fourth-order valence-electron chi connectivity index (χ4n) is 3.49. The molecule has 0 saturated carbocycles. The Morgan fingerprint density at radius 1 is 0.865 bits per heavy atom. The van der Waals surface area contributed by atoms with Crippen LogP contribution in [0.2, 0.25) is 10.0 Å². The van der Waals surface area contributed by atoms with Crippen molar-refractivity contribution >= 4 is 75.6 Å². The molecule has 0 aliphatic carbocycles. The molecule has 1 aliphatic heterocycles. The predicted molar refractivity (Wildman–Crippen MR) is 142 cm³/mol. The van der Waals surface area contributed by atoms with Crippen molar-refractivity contribution in [2.75, 3.05) is 22.1 Å². The fraction of sp³-hybridized carbons (Fsp3) is 0.0769. The van der Waals surface area contributed by atoms with Crippen molar-refractivity contribution in [2.45, 2.75) is 6.92 Å². The second kappa shape index (κ2) is 11.0. The van der Waals surface area contributed by atoms with Gasteiger partial charge in [-0.15, -0.1) is 0 Å². The molecule has 3 amide bonds. The first-order valence-electron chi connectivity index (χ1n) is 10.9. The quantitative estimate of drug-likeness (QED) is 0.278. The number of benzene rings is 3. The van der Waals surface area contributed by atoms with Crippen LogP contribution in [-0.2, 0) is 14.3 Å². The molecule has 0 bridgehead atoms. The summed E-state index contributed by atoms with van der Waals surface area (Å²) >= 11 is 18.4. The van der Waals surface area contributed by atoms with Gasteiger partial charge >= 0.3 is 5.97 Å². The fourth-order valence-corrected chi connectivity index (χ4v) is 4.08. The minimum absolute atomic E-state index is 0.0414. The zero-order chi connectivity index (χ0) is 26.7. The third kappa shape index (κ3) is 5.46. The summed E-state index contributed by atoms with van der Waals surface area (Å²) in [6.45, 7) is 1.95. The second-order valence-corrected chi connectivity index (χ2v) is 8.83. The van der Waals surface area contributed by atoms with Crippen molar-refractivity contribution < 1.29 is 23.9 Å². The molecule has 0 unspecified atom stereocenters. The molecule has 8 nitrogen and oxygen atoms in total. The molecule has 1 heterocycles. The molecule has 1 aliphatic rings. The molecule has 2 N–H and O–H groups in total. The van der Waals surface area contributed by atoms with Crippen molar-refractivity contribution in [3.05, 3.63) is 98.6 Å². The molecule has 0 spiro atoms. The lowest BCUT2D eigenvalue weighted by Gasteiger charge is -2.17. The lowest BCUT2D eigenvalue weighted by atomic mass is 10.1. The van der Waals surface area contributed by atoms with E-state index in [-0.39, 0.29) is 33.1 Å². The smallest absolute Gasteiger partial charge is 0.338 e. The summed E-state index contributed by atoms with van der Waals surface area (Å²) in [7, 11) is 0. The normalized spacial score (nSPS) is 13.1. The largest absolute Gasteiger partial charge is 0.462 e. The number of nitrogens with zero attached hydrogens (tertiary/aromatic N) is 1. The number of anilines is 3. The van der Waals surface area contributed by atoms with Crippen LogP contribution in [0.3, 0.4) is 0 Å². The Balaban J connectivity index is 1.47. The summed E-state index contributed by atoms with van der Waals surface area (Å²) in [6.07, 6.45) is 0. The highest BCUT2D eigenvalue weighted by Gasteiger charge is 2.40. The number of esters is 1. The molecular weight excluding hydrogens is 541 g/mol. The van der Waals surface area contributed by atoms with Crippen molar-refractivity contribution in [1.82, 2.24) is 0 Å². The van der Waals surface area contributed by atoms with Gasteiger partial charge in [0, 0.05) is 16.9 Å². The zero-order valence-electron chi connectivity index (χ0n) is 19.2. The van der Waals surface area contributed by atoms with Gasteiger partial charge in [-0.3, -0.25) is 14.4 Å². The number of rotatable bonds is 7. The number of nitrogens with one attached hydrogen (secondary N) is 2. The standard InChI is InChI=1S/C26H18Cl3N3O5/c1-2-37-26(36)15-5-3-6-17(13-15)31-23(33)14-9-11-16(12-10-14)30-22-21(29)24(34)32(25(22)35)19-8-4-7-18(27)20(19)28/h3-13,30H,2H2,1H3,(H,31,33). The van der Waals surface area contributed by atoms with Gasteiger partial charge in [-0.25, -0.2) is 9.69 Å². The number of ether oxygens (including phenoxy) is 1. The van der Waals surface area contributed by atoms with E-state index in [9.17, 15) is 19.2 Å². The number of amides is 3. The summed E-state index contributed by atoms with van der Waals surface area (Å²) in [6, 6.07) is 17.1. The van der Waals surface area contributed by atoms with E-state index in [0.717, 1.165) is 4.90 Å². The Morgan fingerprint density at radius 2 is 1.57 bits per heavy atom. The molecule has 0 saturated heterocycles. The van der Waals surface area contributed by atoms with Gasteiger partial charge in [-0.2, -0.15) is 0 Å². The SMILES string of the molecule is CCOC(=O)c1cccc(NC(=O)c2ccc(NC3=C(Cl)C(=O)N(c4cccc(Cl)c4Cl)C3=O)cc2)c1. The van der Waals surface area contributed by atoms with E-state index in [4.69, 9.17) is 39.5 Å². The van der Waals surface area contributed by atoms with E-state index in [1.54, 1.807) is 43.3 Å². The van der Waals surface area contributed by atoms with Gasteiger partial charge in [0.1, 0.15) is 10.7 Å². The predicted octanol–water partition coefficient (Wildman–Crippen LogP) is 5.86. The molecule has 0 atom stereocenters. The van der Waals surface area contributed by atoms with Gasteiger partial charge in [0.15, 0.2) is 0 Å². The van der Waals surface area contributed by atoms with E-state index in [2.05, 4.69) is 10.6 Å². The van der Waals surface area contributed by atoms with Crippen LogP contribution < -0.4 is 15.5 Å². The number of carbonyl (C=O) groups excluding carboxylic acids is 4. The Kier molecular flexibility index (Phi) is 7.83. The van der Waals surface area contributed by atoms with Crippen molar-refractivity contribution in [3.8, 4) is 0 Å². The van der Waals surface area contributed by atoms with Gasteiger partial charge in [0.2, 0.25) is 0 Å². The van der Waals surface area contributed by atoms with Crippen LogP contribution in [0, 0.1) is 0 Å². The molecule has 0 fully saturated rings. The minimum Gasteiger partial charge on any atom is -0.462 e. The van der Waals surface area contributed by atoms with Crippen LogP contribution in [0.25, 0.3) is 0 Å². The summed E-state index contributed by atoms with van der Waals surface area (Å²) in [5.41, 5.74) is 1.43. The molecule has 0 aromatic heterocycles. The van der Waals surface area contributed by atoms with Gasteiger partial charge in [-0.05, 0) is 61.5 Å². The average Bonchev–Trinajstić information content (AvgIpc) is 3.09. The maximum absolute atomic E-state index is 13.0. The Hall–Kier alpha value is -3.85.